The Morgan fingerprint density at radius 3 is 2.63 bits per heavy atom. The minimum atomic E-state index is -0.977. The smallest absolute Gasteiger partial charge is 0.234 e. The van der Waals surface area contributed by atoms with Gasteiger partial charge in [0.1, 0.15) is 17.3 Å². The van der Waals surface area contributed by atoms with Crippen LogP contribution < -0.4 is 15.8 Å². The van der Waals surface area contributed by atoms with Crippen molar-refractivity contribution in [2.24, 2.45) is 5.73 Å². The Bertz CT molecular complexity index is 1040. The number of carbonyl (C=O) groups excluding carboxylic acids is 1. The molecule has 3 aromatic rings. The molecule has 0 bridgehead atoms. The molecule has 3 rings (SSSR count). The summed E-state index contributed by atoms with van der Waals surface area (Å²) in [6.45, 7) is 3.26. The van der Waals surface area contributed by atoms with E-state index in [9.17, 15) is 13.6 Å². The number of ether oxygens (including phenoxy) is 2. The molecule has 0 spiro atoms. The fourth-order valence-corrected chi connectivity index (χ4v) is 2.99. The van der Waals surface area contributed by atoms with Gasteiger partial charge in [-0.05, 0) is 37.6 Å². The van der Waals surface area contributed by atoms with Crippen LogP contribution in [0.5, 0.6) is 11.5 Å². The van der Waals surface area contributed by atoms with Gasteiger partial charge in [0, 0.05) is 32.4 Å². The summed E-state index contributed by atoms with van der Waals surface area (Å²) >= 11 is 0. The van der Waals surface area contributed by atoms with E-state index in [0.29, 0.717) is 25.4 Å². The highest BCUT2D eigenvalue weighted by Crippen LogP contribution is 2.27. The van der Waals surface area contributed by atoms with E-state index in [1.54, 1.807) is 32.2 Å². The molecule has 1 heterocycles. The molecule has 0 aliphatic rings. The van der Waals surface area contributed by atoms with Crippen molar-refractivity contribution in [2.45, 2.75) is 32.5 Å². The van der Waals surface area contributed by atoms with Crippen molar-refractivity contribution in [3.05, 3.63) is 53.9 Å². The third-order valence-electron chi connectivity index (χ3n) is 4.65. The number of amides is 1. The molecule has 1 aromatic heterocycles. The van der Waals surface area contributed by atoms with Crippen molar-refractivity contribution in [2.75, 3.05) is 13.7 Å². The lowest BCUT2D eigenvalue weighted by molar-refractivity contribution is -0.119. The molecule has 0 saturated heterocycles. The predicted octanol–water partition coefficient (Wildman–Crippen LogP) is 3.11. The third kappa shape index (κ3) is 5.11. The third-order valence-corrected chi connectivity index (χ3v) is 4.65. The van der Waals surface area contributed by atoms with Crippen LogP contribution in [-0.4, -0.2) is 35.2 Å². The van der Waals surface area contributed by atoms with Crippen LogP contribution >= 0.6 is 0 Å². The molecule has 0 unspecified atom stereocenters. The molecular formula is C21H24F2N4O3. The second-order valence-electron chi connectivity index (χ2n) is 6.86. The van der Waals surface area contributed by atoms with Gasteiger partial charge in [0.15, 0.2) is 11.6 Å². The number of nitrogens with two attached hydrogens (primary N) is 1. The van der Waals surface area contributed by atoms with Crippen molar-refractivity contribution < 1.29 is 23.0 Å². The number of primary amides is 1. The number of fused-ring (bicyclic) bond motifs is 1. The maximum atomic E-state index is 13.5. The first kappa shape index (κ1) is 21.7. The molecule has 0 aliphatic heterocycles. The van der Waals surface area contributed by atoms with Crippen LogP contribution in [0.4, 0.5) is 8.78 Å². The van der Waals surface area contributed by atoms with Crippen LogP contribution in [0.15, 0.2) is 36.4 Å². The number of methoxy groups -OCH3 is 1. The minimum absolute atomic E-state index is 0.191. The summed E-state index contributed by atoms with van der Waals surface area (Å²) in [5, 5.41) is 3.06. The van der Waals surface area contributed by atoms with Crippen molar-refractivity contribution in [1.29, 1.82) is 0 Å². The molecule has 30 heavy (non-hydrogen) atoms. The fourth-order valence-electron chi connectivity index (χ4n) is 2.99. The van der Waals surface area contributed by atoms with E-state index in [1.807, 2.05) is 4.57 Å². The van der Waals surface area contributed by atoms with Crippen LogP contribution in [0.2, 0.25) is 0 Å². The van der Waals surface area contributed by atoms with Crippen LogP contribution in [0.25, 0.3) is 11.0 Å². The average Bonchev–Trinajstić information content (AvgIpc) is 3.06. The van der Waals surface area contributed by atoms with Gasteiger partial charge in [-0.1, -0.05) is 0 Å². The van der Waals surface area contributed by atoms with Gasteiger partial charge in [-0.2, -0.15) is 0 Å². The predicted molar refractivity (Wildman–Crippen MR) is 108 cm³/mol. The van der Waals surface area contributed by atoms with Crippen LogP contribution in [-0.2, 0) is 22.6 Å². The number of imidazole rings is 1. The van der Waals surface area contributed by atoms with E-state index < -0.39 is 23.6 Å². The minimum Gasteiger partial charge on any atom is -0.457 e. The Morgan fingerprint density at radius 2 is 1.93 bits per heavy atom. The lowest BCUT2D eigenvalue weighted by atomic mass is 10.2. The van der Waals surface area contributed by atoms with Gasteiger partial charge < -0.3 is 19.8 Å². The van der Waals surface area contributed by atoms with E-state index in [4.69, 9.17) is 15.2 Å². The summed E-state index contributed by atoms with van der Waals surface area (Å²) in [6, 6.07) is 8.16. The van der Waals surface area contributed by atoms with Gasteiger partial charge in [-0.3, -0.25) is 10.1 Å². The van der Waals surface area contributed by atoms with E-state index in [-0.39, 0.29) is 5.75 Å². The van der Waals surface area contributed by atoms with Gasteiger partial charge in [-0.25, -0.2) is 13.8 Å². The topological polar surface area (TPSA) is 91.4 Å². The number of nitrogens with zero attached hydrogens (tertiary/aromatic N) is 2. The molecule has 0 saturated carbocycles. The zero-order chi connectivity index (χ0) is 21.7. The molecule has 7 nitrogen and oxygen atoms in total. The average molecular weight is 418 g/mol. The molecular weight excluding hydrogens is 394 g/mol. The lowest BCUT2D eigenvalue weighted by Crippen LogP contribution is -2.38. The number of rotatable bonds is 10. The van der Waals surface area contributed by atoms with Crippen LogP contribution in [0.1, 0.15) is 19.2 Å². The summed E-state index contributed by atoms with van der Waals surface area (Å²) in [4.78, 5) is 15.9. The number of aromatic nitrogens is 2. The highest BCUT2D eigenvalue weighted by Gasteiger charge is 2.15. The summed E-state index contributed by atoms with van der Waals surface area (Å²) in [5.41, 5.74) is 6.87. The Hall–Kier alpha value is -3.04. The molecule has 160 valence electrons. The number of hydrogen-bond donors (Lipinski definition) is 2. The van der Waals surface area contributed by atoms with E-state index >= 15 is 0 Å². The summed E-state index contributed by atoms with van der Waals surface area (Å²) in [5.74, 6) is -0.966. The zero-order valence-electron chi connectivity index (χ0n) is 16.8. The zero-order valence-corrected chi connectivity index (χ0v) is 16.8. The molecule has 0 fully saturated rings. The van der Waals surface area contributed by atoms with Gasteiger partial charge in [0.05, 0.1) is 23.6 Å². The Morgan fingerprint density at radius 1 is 1.20 bits per heavy atom. The van der Waals surface area contributed by atoms with E-state index in [2.05, 4.69) is 10.3 Å². The second-order valence-corrected chi connectivity index (χ2v) is 6.86. The quantitative estimate of drug-likeness (QED) is 0.494. The molecule has 9 heteroatoms. The van der Waals surface area contributed by atoms with Crippen molar-refractivity contribution in [3.63, 3.8) is 0 Å². The summed E-state index contributed by atoms with van der Waals surface area (Å²) in [7, 11) is 1.64. The lowest BCUT2D eigenvalue weighted by Gasteiger charge is -2.13. The first-order chi connectivity index (χ1) is 14.4. The van der Waals surface area contributed by atoms with Gasteiger partial charge in [0.2, 0.25) is 5.91 Å². The molecule has 3 N–H and O–H groups in total. The standard InChI is InChI=1S/C21H24F2N4O3/c1-13(21(24)28)25-12-20-26-18-7-5-15(11-19(18)27(20)8-3-9-29-2)30-14-4-6-16(22)17(23)10-14/h4-7,10-11,13,25H,3,8-9,12H2,1-2H3,(H2,24,28)/t13-/m0/s1. The first-order valence-electron chi connectivity index (χ1n) is 9.52. The number of nitrogens with one attached hydrogen (secondary N) is 1. The molecule has 1 amide bonds. The molecule has 0 radical (unpaired) electrons. The van der Waals surface area contributed by atoms with Crippen LogP contribution in [0.3, 0.4) is 0 Å². The van der Waals surface area contributed by atoms with Gasteiger partial charge >= 0.3 is 0 Å². The number of hydrogen-bond acceptors (Lipinski definition) is 5. The highest BCUT2D eigenvalue weighted by molar-refractivity contribution is 5.79. The maximum Gasteiger partial charge on any atom is 0.234 e. The van der Waals surface area contributed by atoms with Crippen molar-refractivity contribution >= 4 is 16.9 Å². The first-order valence-corrected chi connectivity index (χ1v) is 9.52. The maximum absolute atomic E-state index is 13.5. The number of carbonyl (C=O) groups is 1. The highest BCUT2D eigenvalue weighted by atomic mass is 19.2. The van der Waals surface area contributed by atoms with Gasteiger partial charge in [0.25, 0.3) is 0 Å². The largest absolute Gasteiger partial charge is 0.457 e. The van der Waals surface area contributed by atoms with E-state index in [1.165, 1.54) is 6.07 Å². The monoisotopic (exact) mass is 418 g/mol. The van der Waals surface area contributed by atoms with Crippen LogP contribution in [0, 0.1) is 11.6 Å². The molecule has 2 aromatic carbocycles. The number of benzene rings is 2. The summed E-state index contributed by atoms with van der Waals surface area (Å²) < 4.78 is 39.4. The van der Waals surface area contributed by atoms with E-state index in [0.717, 1.165) is 35.4 Å². The number of halogens is 2. The van der Waals surface area contributed by atoms with Gasteiger partial charge in [-0.15, -0.1) is 0 Å². The van der Waals surface area contributed by atoms with Crippen molar-refractivity contribution in [3.8, 4) is 11.5 Å². The molecule has 1 atom stereocenters. The Balaban J connectivity index is 1.89. The normalized spacial score (nSPS) is 12.3. The fraction of sp³-hybridized carbons (Fsp3) is 0.333. The Kier molecular flexibility index (Phi) is 6.96. The SMILES string of the molecule is COCCCn1c(CN[C@@H](C)C(N)=O)nc2ccc(Oc3ccc(F)c(F)c3)cc21. The van der Waals surface area contributed by atoms with Crippen molar-refractivity contribution in [1.82, 2.24) is 14.9 Å². The summed E-state index contributed by atoms with van der Waals surface area (Å²) in [6.07, 6.45) is 0.759. The Labute approximate surface area is 172 Å². The molecule has 0 aliphatic carbocycles. The number of aryl methyl sites for hydroxylation is 1. The second kappa shape index (κ2) is 9.64.